The van der Waals surface area contributed by atoms with Crippen LogP contribution >= 0.6 is 0 Å². The second kappa shape index (κ2) is 5.38. The van der Waals surface area contributed by atoms with E-state index in [0.717, 1.165) is 0 Å². The van der Waals surface area contributed by atoms with Gasteiger partial charge in [0, 0.05) is 5.57 Å². The van der Waals surface area contributed by atoms with Gasteiger partial charge in [-0.05, 0) is 19.8 Å². The summed E-state index contributed by atoms with van der Waals surface area (Å²) in [5, 5.41) is 0. The zero-order chi connectivity index (χ0) is 11.3. The zero-order valence-electron chi connectivity index (χ0n) is 8.65. The number of cyclic esters (lactones) is 2. The molecule has 1 aliphatic heterocycles. The number of ether oxygens (including phenoxy) is 3. The van der Waals surface area contributed by atoms with Gasteiger partial charge in [-0.25, -0.2) is 9.59 Å². The molecule has 1 aliphatic rings. The highest BCUT2D eigenvalue weighted by Gasteiger charge is 2.24. The summed E-state index contributed by atoms with van der Waals surface area (Å²) in [4.78, 5) is 21.5. The minimum Gasteiger partial charge on any atom is -0.462 e. The topological polar surface area (TPSA) is 61.8 Å². The van der Waals surface area contributed by atoms with Crippen molar-refractivity contribution in [3.8, 4) is 0 Å². The van der Waals surface area contributed by atoms with Gasteiger partial charge in [0.2, 0.25) is 0 Å². The van der Waals surface area contributed by atoms with Crippen molar-refractivity contribution in [2.45, 2.75) is 25.9 Å². The summed E-state index contributed by atoms with van der Waals surface area (Å²) in [5.41, 5.74) is 0.380. The highest BCUT2D eigenvalue weighted by molar-refractivity contribution is 5.86. The summed E-state index contributed by atoms with van der Waals surface area (Å²) in [6.45, 7) is 5.64. The molecule has 1 heterocycles. The van der Waals surface area contributed by atoms with E-state index in [1.807, 2.05) is 0 Å². The van der Waals surface area contributed by atoms with Crippen LogP contribution in [-0.2, 0) is 19.0 Å². The fourth-order valence-corrected chi connectivity index (χ4v) is 1.11. The molecule has 1 rings (SSSR count). The third-order valence-electron chi connectivity index (χ3n) is 1.90. The van der Waals surface area contributed by atoms with Crippen molar-refractivity contribution >= 4 is 12.1 Å². The molecule has 1 atom stereocenters. The maximum absolute atomic E-state index is 11.0. The molecule has 84 valence electrons. The van der Waals surface area contributed by atoms with Gasteiger partial charge in [-0.15, -0.1) is 0 Å². The monoisotopic (exact) mass is 214 g/mol. The minimum absolute atomic E-state index is 0.207. The Bertz CT molecular complexity index is 271. The first kappa shape index (κ1) is 11.6. The van der Waals surface area contributed by atoms with Crippen LogP contribution in [0.1, 0.15) is 19.8 Å². The normalized spacial score (nSPS) is 19.3. The van der Waals surface area contributed by atoms with Gasteiger partial charge in [0.15, 0.2) is 0 Å². The van der Waals surface area contributed by atoms with Crippen LogP contribution in [0.5, 0.6) is 0 Å². The number of carbonyl (C=O) groups excluding carboxylic acids is 2. The van der Waals surface area contributed by atoms with Crippen LogP contribution in [0.15, 0.2) is 12.2 Å². The summed E-state index contributed by atoms with van der Waals surface area (Å²) in [6, 6.07) is 0. The highest BCUT2D eigenvalue weighted by atomic mass is 16.8. The molecule has 0 aromatic heterocycles. The second-order valence-corrected chi connectivity index (χ2v) is 3.36. The molecule has 15 heavy (non-hydrogen) atoms. The summed E-state index contributed by atoms with van der Waals surface area (Å²) in [5.74, 6) is -0.394. The molecule has 0 amide bonds. The fraction of sp³-hybridized carbons (Fsp3) is 0.600. The van der Waals surface area contributed by atoms with Crippen LogP contribution in [0.2, 0.25) is 0 Å². The second-order valence-electron chi connectivity index (χ2n) is 3.36. The Morgan fingerprint density at radius 1 is 1.67 bits per heavy atom. The molecule has 1 unspecified atom stereocenters. The van der Waals surface area contributed by atoms with E-state index in [0.29, 0.717) is 25.0 Å². The van der Waals surface area contributed by atoms with Crippen molar-refractivity contribution in [3.63, 3.8) is 0 Å². The van der Waals surface area contributed by atoms with Gasteiger partial charge in [-0.2, -0.15) is 0 Å². The third kappa shape index (κ3) is 4.01. The van der Waals surface area contributed by atoms with Crippen molar-refractivity contribution < 1.29 is 23.8 Å². The van der Waals surface area contributed by atoms with E-state index in [1.54, 1.807) is 6.92 Å². The lowest BCUT2D eigenvalue weighted by Gasteiger charge is -2.06. The predicted molar refractivity (Wildman–Crippen MR) is 51.2 cm³/mol. The molecule has 5 nitrogen and oxygen atoms in total. The molecular formula is C10H14O5. The maximum Gasteiger partial charge on any atom is 0.508 e. The van der Waals surface area contributed by atoms with E-state index in [9.17, 15) is 9.59 Å². The van der Waals surface area contributed by atoms with Crippen molar-refractivity contribution in [3.05, 3.63) is 12.2 Å². The Balaban J connectivity index is 2.04. The molecule has 0 aromatic carbocycles. The molecule has 0 radical (unpaired) electrons. The van der Waals surface area contributed by atoms with Gasteiger partial charge in [0.1, 0.15) is 12.7 Å². The molecule has 0 aliphatic carbocycles. The third-order valence-corrected chi connectivity index (χ3v) is 1.90. The molecule has 0 aromatic rings. The van der Waals surface area contributed by atoms with E-state index in [1.165, 1.54) is 0 Å². The quantitative estimate of drug-likeness (QED) is 0.393. The lowest BCUT2D eigenvalue weighted by Crippen LogP contribution is -2.12. The summed E-state index contributed by atoms with van der Waals surface area (Å²) in [6.07, 6.45) is 0.440. The number of hydrogen-bond acceptors (Lipinski definition) is 5. The van der Waals surface area contributed by atoms with Crippen molar-refractivity contribution in [2.24, 2.45) is 0 Å². The number of esters is 1. The first-order chi connectivity index (χ1) is 7.09. The average molecular weight is 214 g/mol. The van der Waals surface area contributed by atoms with E-state index >= 15 is 0 Å². The molecule has 0 saturated carbocycles. The predicted octanol–water partition coefficient (Wildman–Crippen LogP) is 1.42. The van der Waals surface area contributed by atoms with E-state index in [2.05, 4.69) is 11.3 Å². The van der Waals surface area contributed by atoms with E-state index < -0.39 is 12.1 Å². The summed E-state index contributed by atoms with van der Waals surface area (Å²) in [7, 11) is 0. The van der Waals surface area contributed by atoms with Crippen LogP contribution in [0.4, 0.5) is 4.79 Å². The lowest BCUT2D eigenvalue weighted by atomic mass is 10.2. The fourth-order valence-electron chi connectivity index (χ4n) is 1.11. The maximum atomic E-state index is 11.0. The molecule has 0 N–H and O–H groups in total. The van der Waals surface area contributed by atoms with Crippen molar-refractivity contribution in [1.82, 2.24) is 0 Å². The number of hydrogen-bond donors (Lipinski definition) is 0. The van der Waals surface area contributed by atoms with Gasteiger partial charge in [0.05, 0.1) is 6.61 Å². The largest absolute Gasteiger partial charge is 0.508 e. The first-order valence-corrected chi connectivity index (χ1v) is 4.75. The van der Waals surface area contributed by atoms with Gasteiger partial charge in [-0.1, -0.05) is 6.58 Å². The van der Waals surface area contributed by atoms with Gasteiger partial charge in [0.25, 0.3) is 0 Å². The lowest BCUT2D eigenvalue weighted by molar-refractivity contribution is -0.139. The van der Waals surface area contributed by atoms with Crippen LogP contribution in [-0.4, -0.2) is 31.4 Å². The van der Waals surface area contributed by atoms with Gasteiger partial charge in [-0.3, -0.25) is 0 Å². The smallest absolute Gasteiger partial charge is 0.462 e. The van der Waals surface area contributed by atoms with Crippen LogP contribution in [0, 0.1) is 0 Å². The SMILES string of the molecule is C=C(C)C(=O)OCCCC1COC(=O)O1. The number of rotatable bonds is 5. The molecule has 0 bridgehead atoms. The van der Waals surface area contributed by atoms with Gasteiger partial charge < -0.3 is 14.2 Å². The standard InChI is InChI=1S/C10H14O5/c1-7(2)9(11)13-5-3-4-8-6-14-10(12)15-8/h8H,1,3-6H2,2H3. The average Bonchev–Trinajstić information content (AvgIpc) is 2.58. The summed E-state index contributed by atoms with van der Waals surface area (Å²) < 4.78 is 14.3. The Morgan fingerprint density at radius 3 is 2.93 bits per heavy atom. The van der Waals surface area contributed by atoms with Gasteiger partial charge >= 0.3 is 12.1 Å². The molecule has 1 fully saturated rings. The van der Waals surface area contributed by atoms with E-state index in [-0.39, 0.29) is 12.7 Å². The molecule has 1 saturated heterocycles. The highest BCUT2D eigenvalue weighted by Crippen LogP contribution is 2.11. The Labute approximate surface area is 88.0 Å². The molecule has 0 spiro atoms. The Hall–Kier alpha value is -1.52. The van der Waals surface area contributed by atoms with Crippen LogP contribution in [0.25, 0.3) is 0 Å². The Kier molecular flexibility index (Phi) is 4.15. The Morgan fingerprint density at radius 2 is 2.40 bits per heavy atom. The van der Waals surface area contributed by atoms with Crippen molar-refractivity contribution in [2.75, 3.05) is 13.2 Å². The molecular weight excluding hydrogens is 200 g/mol. The zero-order valence-corrected chi connectivity index (χ0v) is 8.65. The van der Waals surface area contributed by atoms with E-state index in [4.69, 9.17) is 9.47 Å². The first-order valence-electron chi connectivity index (χ1n) is 4.75. The number of carbonyl (C=O) groups is 2. The minimum atomic E-state index is -0.626. The summed E-state index contributed by atoms with van der Waals surface area (Å²) >= 11 is 0. The molecule has 5 heteroatoms. The van der Waals surface area contributed by atoms with Crippen LogP contribution in [0.3, 0.4) is 0 Å². The van der Waals surface area contributed by atoms with Crippen LogP contribution < -0.4 is 0 Å². The van der Waals surface area contributed by atoms with Crippen molar-refractivity contribution in [1.29, 1.82) is 0 Å².